The van der Waals surface area contributed by atoms with Crippen molar-refractivity contribution in [2.75, 3.05) is 13.1 Å². The van der Waals surface area contributed by atoms with E-state index in [-0.39, 0.29) is 38.3 Å². The van der Waals surface area contributed by atoms with Gasteiger partial charge in [0.05, 0.1) is 12.5 Å². The van der Waals surface area contributed by atoms with E-state index in [0.717, 1.165) is 0 Å². The molecule has 0 unspecified atom stereocenters. The number of primary amides is 2. The number of carboxylic acids is 2. The molecule has 0 aromatic heterocycles. The second-order valence-corrected chi connectivity index (χ2v) is 14.3. The number of hydrogen-bond acceptors (Lipinski definition) is 13. The summed E-state index contributed by atoms with van der Waals surface area (Å²) in [6.45, 7) is 5.45. The lowest BCUT2D eigenvalue weighted by Gasteiger charge is -2.27. The van der Waals surface area contributed by atoms with E-state index in [0.29, 0.717) is 25.7 Å². The Bertz CT molecular complexity index is 1430. The lowest BCUT2D eigenvalue weighted by molar-refractivity contribution is -0.139. The molecule has 18 N–H and O–H groups in total. The first-order valence-corrected chi connectivity index (χ1v) is 19.1. The zero-order valence-corrected chi connectivity index (χ0v) is 33.4. The zero-order valence-electron chi connectivity index (χ0n) is 33.4. The maximum absolute atomic E-state index is 13.6. The van der Waals surface area contributed by atoms with Crippen LogP contribution in [0.2, 0.25) is 0 Å². The Morgan fingerprint density at radius 2 is 0.845 bits per heavy atom. The molecule has 0 saturated carbocycles. The normalized spacial score (nSPS) is 14.6. The minimum atomic E-state index is -1.78. The van der Waals surface area contributed by atoms with Gasteiger partial charge in [-0.2, -0.15) is 0 Å². The molecule has 0 spiro atoms. The summed E-state index contributed by atoms with van der Waals surface area (Å²) in [6.07, 6.45) is -1.15. The molecule has 0 rings (SSSR count). The third-order valence-electron chi connectivity index (χ3n) is 8.61. The molecule has 0 fully saturated rings. The quantitative estimate of drug-likeness (QED) is 0.0294. The Balaban J connectivity index is 6.45. The number of carboxylic acid groups (broad SMARTS) is 2. The van der Waals surface area contributed by atoms with E-state index in [2.05, 4.69) is 31.9 Å². The molecule has 0 aromatic rings. The summed E-state index contributed by atoms with van der Waals surface area (Å²) in [6, 6.07) is -9.72. The highest BCUT2D eigenvalue weighted by Gasteiger charge is 2.34. The second-order valence-electron chi connectivity index (χ2n) is 14.3. The Labute approximate surface area is 336 Å². The number of aliphatic carboxylic acids is 2. The van der Waals surface area contributed by atoms with Crippen LogP contribution >= 0.6 is 0 Å². The van der Waals surface area contributed by atoms with E-state index in [4.69, 9.17) is 28.7 Å². The van der Waals surface area contributed by atoms with Gasteiger partial charge in [0.2, 0.25) is 47.3 Å². The Morgan fingerprint density at radius 1 is 0.500 bits per heavy atom. The van der Waals surface area contributed by atoms with Crippen LogP contribution in [0, 0.1) is 5.92 Å². The number of nitrogens with one attached hydrogen (secondary N) is 6. The van der Waals surface area contributed by atoms with Gasteiger partial charge >= 0.3 is 11.9 Å². The largest absolute Gasteiger partial charge is 0.481 e. The van der Waals surface area contributed by atoms with Crippen molar-refractivity contribution in [1.82, 2.24) is 31.9 Å². The SMILES string of the molecule is CC(C)C[C@H](N)C(=O)N[C@@H](CCCCN)C(=O)N[C@@H](CCC(=O)O)C(=O)N[C@@H](CC(N)=O)C(=O)N[C@@H](CCCCN)C(=O)N[C@@H](CCC(=O)O)C(=O)N[C@@H](C)C(N)=O. The van der Waals surface area contributed by atoms with Crippen molar-refractivity contribution in [2.24, 2.45) is 34.6 Å². The first-order valence-electron chi connectivity index (χ1n) is 19.1. The predicted octanol–water partition coefficient (Wildman–Crippen LogP) is -4.36. The summed E-state index contributed by atoms with van der Waals surface area (Å²) in [5.41, 5.74) is 27.7. The molecule has 330 valence electrons. The molecule has 8 amide bonds. The van der Waals surface area contributed by atoms with Crippen molar-refractivity contribution in [1.29, 1.82) is 0 Å². The third kappa shape index (κ3) is 22.4. The van der Waals surface area contributed by atoms with Gasteiger partial charge in [0, 0.05) is 12.8 Å². The van der Waals surface area contributed by atoms with Crippen molar-refractivity contribution in [3.8, 4) is 0 Å². The molecule has 23 nitrogen and oxygen atoms in total. The summed E-state index contributed by atoms with van der Waals surface area (Å²) in [5, 5.41) is 32.8. The van der Waals surface area contributed by atoms with Gasteiger partial charge in [-0.05, 0) is 83.7 Å². The van der Waals surface area contributed by atoms with Gasteiger partial charge in [-0.25, -0.2) is 0 Å². The first kappa shape index (κ1) is 52.6. The average molecular weight is 830 g/mol. The van der Waals surface area contributed by atoms with Crippen LogP contribution in [-0.4, -0.2) is 125 Å². The number of unbranched alkanes of at least 4 members (excludes halogenated alkanes) is 2. The summed E-state index contributed by atoms with van der Waals surface area (Å²) in [4.78, 5) is 126. The van der Waals surface area contributed by atoms with E-state index in [1.165, 1.54) is 6.92 Å². The van der Waals surface area contributed by atoms with Gasteiger partial charge in [0.15, 0.2) is 0 Å². The smallest absolute Gasteiger partial charge is 0.303 e. The van der Waals surface area contributed by atoms with Crippen molar-refractivity contribution in [2.45, 2.75) is 140 Å². The van der Waals surface area contributed by atoms with Gasteiger partial charge in [-0.15, -0.1) is 0 Å². The van der Waals surface area contributed by atoms with Crippen molar-refractivity contribution in [3.63, 3.8) is 0 Å². The molecule has 0 radical (unpaired) electrons. The summed E-state index contributed by atoms with van der Waals surface area (Å²) >= 11 is 0. The number of nitrogens with two attached hydrogens (primary N) is 5. The molecule has 23 heteroatoms. The van der Waals surface area contributed by atoms with Gasteiger partial charge in [-0.1, -0.05) is 13.8 Å². The molecule has 0 saturated heterocycles. The Hall–Kier alpha value is -5.42. The minimum Gasteiger partial charge on any atom is -0.481 e. The van der Waals surface area contributed by atoms with E-state index in [9.17, 15) is 58.2 Å². The zero-order chi connectivity index (χ0) is 44.5. The van der Waals surface area contributed by atoms with Crippen LogP contribution < -0.4 is 60.6 Å². The van der Waals surface area contributed by atoms with Crippen LogP contribution in [0.4, 0.5) is 0 Å². The second kappa shape index (κ2) is 28.1. The van der Waals surface area contributed by atoms with E-state index >= 15 is 0 Å². The number of carbonyl (C=O) groups is 10. The lowest BCUT2D eigenvalue weighted by atomic mass is 10.0. The van der Waals surface area contributed by atoms with Crippen molar-refractivity contribution >= 4 is 59.2 Å². The molecular weight excluding hydrogens is 766 g/mol. The number of rotatable bonds is 31. The maximum atomic E-state index is 13.6. The number of carbonyl (C=O) groups excluding carboxylic acids is 8. The summed E-state index contributed by atoms with van der Waals surface area (Å²) < 4.78 is 0. The summed E-state index contributed by atoms with van der Waals surface area (Å²) in [5.74, 6) is -10.2. The van der Waals surface area contributed by atoms with E-state index < -0.39 is 134 Å². The monoisotopic (exact) mass is 829 g/mol. The topological polar surface area (TPSA) is 413 Å². The minimum absolute atomic E-state index is 0.0567. The summed E-state index contributed by atoms with van der Waals surface area (Å²) in [7, 11) is 0. The highest BCUT2D eigenvalue weighted by atomic mass is 16.4. The van der Waals surface area contributed by atoms with Crippen molar-refractivity contribution < 1.29 is 58.2 Å². The van der Waals surface area contributed by atoms with E-state index in [1.807, 2.05) is 13.8 Å². The molecule has 0 aromatic carbocycles. The molecular formula is C35H63N11O12. The molecule has 58 heavy (non-hydrogen) atoms. The molecule has 7 atom stereocenters. The molecule has 0 heterocycles. The number of hydrogen-bond donors (Lipinski definition) is 13. The van der Waals surface area contributed by atoms with Crippen molar-refractivity contribution in [3.05, 3.63) is 0 Å². The molecule has 0 aliphatic heterocycles. The van der Waals surface area contributed by atoms with E-state index in [1.54, 1.807) is 0 Å². The first-order chi connectivity index (χ1) is 27.1. The fourth-order valence-electron chi connectivity index (χ4n) is 5.37. The fraction of sp³-hybridized carbons (Fsp3) is 0.714. The lowest BCUT2D eigenvalue weighted by Crippen LogP contribution is -2.60. The van der Waals surface area contributed by atoms with Crippen LogP contribution in [0.1, 0.15) is 97.8 Å². The highest BCUT2D eigenvalue weighted by molar-refractivity contribution is 5.98. The van der Waals surface area contributed by atoms with Gasteiger partial charge in [0.1, 0.15) is 36.3 Å². The van der Waals surface area contributed by atoms with Crippen LogP contribution in [0.5, 0.6) is 0 Å². The third-order valence-corrected chi connectivity index (χ3v) is 8.61. The standard InChI is InChI=1S/C35H63N11O12/c1-18(2)16-20(38)30(53)42-21(8-4-6-14-36)32(55)45-24(11-13-28(50)51)34(57)46-25(17-26(39)47)35(58)43-22(9-5-7-15-37)33(56)44-23(10-12-27(48)49)31(54)41-19(3)29(40)52/h18-25H,4-17,36-38H2,1-3H3,(H2,39,47)(H2,40,52)(H,41,54)(H,42,53)(H,43,58)(H,44,56)(H,45,55)(H,46,57)(H,48,49)(H,50,51)/t19-,20-,21-,22-,23-,24-,25-/m0/s1. The van der Waals surface area contributed by atoms with Crippen LogP contribution in [0.15, 0.2) is 0 Å². The highest BCUT2D eigenvalue weighted by Crippen LogP contribution is 2.10. The molecule has 0 aliphatic carbocycles. The van der Waals surface area contributed by atoms with Crippen LogP contribution in [-0.2, 0) is 47.9 Å². The maximum Gasteiger partial charge on any atom is 0.303 e. The Morgan fingerprint density at radius 3 is 1.19 bits per heavy atom. The van der Waals surface area contributed by atoms with Crippen LogP contribution in [0.25, 0.3) is 0 Å². The van der Waals surface area contributed by atoms with Gasteiger partial charge in [0.25, 0.3) is 0 Å². The molecule has 0 aliphatic rings. The Kier molecular flexibility index (Phi) is 25.4. The number of amides is 8. The molecule has 0 bridgehead atoms. The average Bonchev–Trinajstić information content (AvgIpc) is 3.12. The van der Waals surface area contributed by atoms with Gasteiger partial charge < -0.3 is 70.8 Å². The van der Waals surface area contributed by atoms with Crippen LogP contribution in [0.3, 0.4) is 0 Å². The van der Waals surface area contributed by atoms with Gasteiger partial charge in [-0.3, -0.25) is 47.9 Å². The fourth-order valence-corrected chi connectivity index (χ4v) is 5.37. The predicted molar refractivity (Wildman–Crippen MR) is 207 cm³/mol.